The molecule has 0 saturated heterocycles. The van der Waals surface area contributed by atoms with Gasteiger partial charge in [-0.3, -0.25) is 13.8 Å². The molecule has 157 valence electrons. The zero-order valence-electron chi connectivity index (χ0n) is 16.4. The summed E-state index contributed by atoms with van der Waals surface area (Å²) in [5.41, 5.74) is 3.81. The van der Waals surface area contributed by atoms with Crippen LogP contribution in [0.1, 0.15) is 5.56 Å². The predicted molar refractivity (Wildman–Crippen MR) is 111 cm³/mol. The van der Waals surface area contributed by atoms with Gasteiger partial charge in [0.05, 0.1) is 5.82 Å². The summed E-state index contributed by atoms with van der Waals surface area (Å²) in [6.45, 7) is 2.05. The first-order valence-electron chi connectivity index (χ1n) is 9.19. The molecule has 0 aliphatic carbocycles. The summed E-state index contributed by atoms with van der Waals surface area (Å²) < 4.78 is 27.7. The van der Waals surface area contributed by atoms with E-state index < -0.39 is 11.6 Å². The Bertz CT molecular complexity index is 1280. The third-order valence-corrected chi connectivity index (χ3v) is 4.38. The van der Waals surface area contributed by atoms with Crippen molar-refractivity contribution in [2.45, 2.75) is 6.92 Å². The van der Waals surface area contributed by atoms with Crippen LogP contribution in [0.15, 0.2) is 79.1 Å². The Balaban J connectivity index is 0.000000172. The molecule has 1 radical (unpaired) electrons. The molecule has 0 amide bonds. The van der Waals surface area contributed by atoms with Crippen molar-refractivity contribution in [2.75, 3.05) is 0 Å². The van der Waals surface area contributed by atoms with Crippen molar-refractivity contribution in [2.24, 2.45) is 0 Å². The Kier molecular flexibility index (Phi) is 7.34. The third kappa shape index (κ3) is 5.08. The smallest absolute Gasteiger partial charge is 0.0552 e. The second-order valence-corrected chi connectivity index (χ2v) is 6.43. The molecule has 0 N–H and O–H groups in total. The summed E-state index contributed by atoms with van der Waals surface area (Å²) in [4.78, 5) is 12.5. The molecule has 5 rings (SSSR count). The topological polar surface area (TPSA) is 43.6 Å². The number of pyridine rings is 2. The summed E-state index contributed by atoms with van der Waals surface area (Å²) >= 11 is 0. The summed E-state index contributed by atoms with van der Waals surface area (Å²) in [5, 5.41) is 0. The SMILES string of the molecule is Cc1cccc2c1n[c-]n2-c1ccccn1.Fc1c[c-]c(-c2ccccn2)c(F)c1.[Ir]. The maximum Gasteiger partial charge on any atom is 0.0552 e. The second-order valence-electron chi connectivity index (χ2n) is 6.43. The molecular formula is C24H16F2IrN4-2. The normalized spacial score (nSPS) is 10.2. The van der Waals surface area contributed by atoms with E-state index in [1.165, 1.54) is 0 Å². The average molecular weight is 591 g/mol. The Labute approximate surface area is 192 Å². The fourth-order valence-electron chi connectivity index (χ4n) is 2.94. The zero-order chi connectivity index (χ0) is 20.9. The van der Waals surface area contributed by atoms with Crippen LogP contribution in [-0.4, -0.2) is 19.5 Å². The van der Waals surface area contributed by atoms with Gasteiger partial charge in [-0.25, -0.2) is 0 Å². The van der Waals surface area contributed by atoms with Gasteiger partial charge in [-0.2, -0.15) is 0 Å². The van der Waals surface area contributed by atoms with Crippen molar-refractivity contribution in [3.8, 4) is 17.1 Å². The Morgan fingerprint density at radius 3 is 2.35 bits per heavy atom. The van der Waals surface area contributed by atoms with E-state index >= 15 is 0 Å². The molecule has 0 saturated carbocycles. The number of hydrogen-bond donors (Lipinski definition) is 0. The zero-order valence-corrected chi connectivity index (χ0v) is 18.8. The number of rotatable bonds is 2. The van der Waals surface area contributed by atoms with E-state index in [0.29, 0.717) is 5.69 Å². The molecule has 0 aliphatic rings. The number of para-hydroxylation sites is 1. The number of imidazole rings is 1. The number of halogens is 2. The Hall–Kier alpha value is -3.28. The van der Waals surface area contributed by atoms with Gasteiger partial charge in [-0.15, -0.1) is 12.1 Å². The maximum atomic E-state index is 13.2. The molecule has 31 heavy (non-hydrogen) atoms. The summed E-state index contributed by atoms with van der Waals surface area (Å²) in [7, 11) is 0. The molecule has 0 aliphatic heterocycles. The minimum atomic E-state index is -0.649. The minimum absolute atomic E-state index is 0. The van der Waals surface area contributed by atoms with Crippen LogP contribution < -0.4 is 0 Å². The largest absolute Gasteiger partial charge is 0.411 e. The molecular weight excluding hydrogens is 575 g/mol. The molecule has 4 nitrogen and oxygen atoms in total. The second kappa shape index (κ2) is 10.2. The molecule has 3 heterocycles. The first-order chi connectivity index (χ1) is 14.6. The van der Waals surface area contributed by atoms with Gasteiger partial charge >= 0.3 is 0 Å². The molecule has 0 bridgehead atoms. The van der Waals surface area contributed by atoms with E-state index in [-0.39, 0.29) is 25.7 Å². The van der Waals surface area contributed by atoms with Gasteiger partial charge in [0.25, 0.3) is 0 Å². The van der Waals surface area contributed by atoms with Gasteiger partial charge in [0.2, 0.25) is 0 Å². The van der Waals surface area contributed by atoms with Crippen LogP contribution in [0.4, 0.5) is 8.78 Å². The number of aryl methyl sites for hydroxylation is 1. The average Bonchev–Trinajstić information content (AvgIpc) is 3.21. The van der Waals surface area contributed by atoms with Crippen LogP contribution in [-0.2, 0) is 20.1 Å². The van der Waals surface area contributed by atoms with E-state index in [9.17, 15) is 8.78 Å². The molecule has 3 aromatic heterocycles. The first kappa shape index (κ1) is 22.4. The molecule has 2 aromatic carbocycles. The van der Waals surface area contributed by atoms with Crippen LogP contribution in [0, 0.1) is 31.0 Å². The number of benzene rings is 2. The van der Waals surface area contributed by atoms with Crippen LogP contribution in [0.25, 0.3) is 28.1 Å². The van der Waals surface area contributed by atoms with E-state index in [4.69, 9.17) is 0 Å². The molecule has 5 aromatic rings. The van der Waals surface area contributed by atoms with Gasteiger partial charge < -0.3 is 14.5 Å². The maximum absolute atomic E-state index is 13.2. The molecule has 0 spiro atoms. The fourth-order valence-corrected chi connectivity index (χ4v) is 2.94. The number of hydrogen-bond acceptors (Lipinski definition) is 3. The number of nitrogens with zero attached hydrogens (tertiary/aromatic N) is 4. The van der Waals surface area contributed by atoms with Crippen molar-refractivity contribution in [1.29, 1.82) is 0 Å². The van der Waals surface area contributed by atoms with Gasteiger partial charge in [0, 0.05) is 50.5 Å². The standard InChI is InChI=1S/C13H10N3.C11H6F2N.Ir/c1-10-5-4-6-11-13(10)15-9-16(11)12-7-2-3-8-14-12;12-8-4-5-9(10(13)7-8)11-3-1-2-6-14-11;/h2-8H,1H3;1-4,6-7H;/q2*-1;. The number of fused-ring (bicyclic) bond motifs is 1. The van der Waals surface area contributed by atoms with Crippen molar-refractivity contribution in [1.82, 2.24) is 19.5 Å². The molecule has 0 atom stereocenters. The first-order valence-corrected chi connectivity index (χ1v) is 9.19. The van der Waals surface area contributed by atoms with Gasteiger partial charge in [0.1, 0.15) is 0 Å². The van der Waals surface area contributed by atoms with Crippen molar-refractivity contribution in [3.63, 3.8) is 0 Å². The van der Waals surface area contributed by atoms with Crippen molar-refractivity contribution >= 4 is 11.0 Å². The Morgan fingerprint density at radius 1 is 0.903 bits per heavy atom. The van der Waals surface area contributed by atoms with Crippen molar-refractivity contribution < 1.29 is 28.9 Å². The van der Waals surface area contributed by atoms with Crippen LogP contribution in [0.2, 0.25) is 0 Å². The van der Waals surface area contributed by atoms with E-state index in [1.54, 1.807) is 30.6 Å². The predicted octanol–water partition coefficient (Wildman–Crippen LogP) is 5.35. The number of aromatic nitrogens is 4. The van der Waals surface area contributed by atoms with Crippen LogP contribution in [0.5, 0.6) is 0 Å². The quantitative estimate of drug-likeness (QED) is 0.261. The summed E-state index contributed by atoms with van der Waals surface area (Å²) in [6.07, 6.45) is 6.29. The third-order valence-electron chi connectivity index (χ3n) is 4.38. The summed E-state index contributed by atoms with van der Waals surface area (Å²) in [6, 6.07) is 21.4. The van der Waals surface area contributed by atoms with Crippen molar-refractivity contribution in [3.05, 3.63) is 109 Å². The van der Waals surface area contributed by atoms with Crippen LogP contribution in [0.3, 0.4) is 0 Å². The molecule has 0 fully saturated rings. The molecule has 7 heteroatoms. The van der Waals surface area contributed by atoms with Gasteiger partial charge in [0.15, 0.2) is 0 Å². The summed E-state index contributed by atoms with van der Waals surface area (Å²) in [5.74, 6) is -0.443. The van der Waals surface area contributed by atoms with E-state index in [1.807, 2.05) is 47.9 Å². The van der Waals surface area contributed by atoms with E-state index in [2.05, 4.69) is 27.3 Å². The van der Waals surface area contributed by atoms with E-state index in [0.717, 1.165) is 34.5 Å². The van der Waals surface area contributed by atoms with Gasteiger partial charge in [-0.05, 0) is 30.3 Å². The Morgan fingerprint density at radius 2 is 1.68 bits per heavy atom. The minimum Gasteiger partial charge on any atom is -0.411 e. The van der Waals surface area contributed by atoms with Gasteiger partial charge in [-0.1, -0.05) is 65.2 Å². The monoisotopic (exact) mass is 591 g/mol. The molecule has 0 unspecified atom stereocenters. The fraction of sp³-hybridized carbons (Fsp3) is 0.0417. The van der Waals surface area contributed by atoms with Crippen LogP contribution >= 0.6 is 0 Å².